The molecule has 0 fully saturated rings. The fraction of sp³-hybridized carbons (Fsp3) is 0.333. The average molecular weight is 194 g/mol. The molecule has 1 N–H and O–H groups in total. The first-order valence-electron chi connectivity index (χ1n) is 4.71. The molecule has 0 aromatic heterocycles. The SMILES string of the molecule is C=C(C)CCCc1cc(F)ccc1O. The first-order chi connectivity index (χ1) is 6.59. The van der Waals surface area contributed by atoms with Crippen LogP contribution >= 0.6 is 0 Å². The van der Waals surface area contributed by atoms with E-state index in [-0.39, 0.29) is 11.6 Å². The van der Waals surface area contributed by atoms with Crippen LogP contribution in [-0.4, -0.2) is 5.11 Å². The van der Waals surface area contributed by atoms with E-state index in [4.69, 9.17) is 0 Å². The van der Waals surface area contributed by atoms with Gasteiger partial charge in [0.2, 0.25) is 0 Å². The summed E-state index contributed by atoms with van der Waals surface area (Å²) in [5.41, 5.74) is 1.78. The lowest BCUT2D eigenvalue weighted by atomic mass is 10.0. The van der Waals surface area contributed by atoms with Gasteiger partial charge in [-0.15, -0.1) is 6.58 Å². The standard InChI is InChI=1S/C12H15FO/c1-9(2)4-3-5-10-8-11(13)6-7-12(10)14/h6-8,14H,1,3-5H2,2H3. The van der Waals surface area contributed by atoms with Crippen LogP contribution in [0.15, 0.2) is 30.4 Å². The molecule has 0 saturated carbocycles. The van der Waals surface area contributed by atoms with E-state index in [1.807, 2.05) is 6.92 Å². The first kappa shape index (κ1) is 10.8. The van der Waals surface area contributed by atoms with Gasteiger partial charge in [-0.05, 0) is 49.9 Å². The number of rotatable bonds is 4. The summed E-state index contributed by atoms with van der Waals surface area (Å²) in [6.45, 7) is 5.75. The van der Waals surface area contributed by atoms with Crippen molar-refractivity contribution in [2.45, 2.75) is 26.2 Å². The molecule has 1 aromatic rings. The Morgan fingerprint density at radius 3 is 2.86 bits per heavy atom. The van der Waals surface area contributed by atoms with Gasteiger partial charge in [0.1, 0.15) is 11.6 Å². The Labute approximate surface area is 83.9 Å². The number of aryl methyl sites for hydroxylation is 1. The third-order valence-electron chi connectivity index (χ3n) is 2.09. The van der Waals surface area contributed by atoms with Crippen molar-refractivity contribution in [1.82, 2.24) is 0 Å². The lowest BCUT2D eigenvalue weighted by Crippen LogP contribution is -1.88. The fourth-order valence-corrected chi connectivity index (χ4v) is 1.33. The topological polar surface area (TPSA) is 20.2 Å². The summed E-state index contributed by atoms with van der Waals surface area (Å²) in [5, 5.41) is 9.41. The summed E-state index contributed by atoms with van der Waals surface area (Å²) in [6.07, 6.45) is 2.50. The van der Waals surface area contributed by atoms with E-state index in [1.54, 1.807) is 0 Å². The Hall–Kier alpha value is -1.31. The van der Waals surface area contributed by atoms with Crippen molar-refractivity contribution < 1.29 is 9.50 Å². The summed E-state index contributed by atoms with van der Waals surface area (Å²) < 4.78 is 12.8. The van der Waals surface area contributed by atoms with Crippen molar-refractivity contribution in [3.63, 3.8) is 0 Å². The van der Waals surface area contributed by atoms with Gasteiger partial charge in [-0.2, -0.15) is 0 Å². The molecular weight excluding hydrogens is 179 g/mol. The van der Waals surface area contributed by atoms with Crippen molar-refractivity contribution in [2.24, 2.45) is 0 Å². The van der Waals surface area contributed by atoms with Gasteiger partial charge in [0, 0.05) is 0 Å². The van der Waals surface area contributed by atoms with Gasteiger partial charge >= 0.3 is 0 Å². The van der Waals surface area contributed by atoms with Crippen molar-refractivity contribution in [2.75, 3.05) is 0 Å². The number of aromatic hydroxyl groups is 1. The zero-order valence-electron chi connectivity index (χ0n) is 8.39. The molecule has 76 valence electrons. The van der Waals surface area contributed by atoms with Crippen LogP contribution in [0.25, 0.3) is 0 Å². The predicted molar refractivity (Wildman–Crippen MR) is 55.8 cm³/mol. The van der Waals surface area contributed by atoms with Gasteiger partial charge in [-0.3, -0.25) is 0 Å². The Bertz CT molecular complexity index is 331. The minimum Gasteiger partial charge on any atom is -0.508 e. The Kier molecular flexibility index (Phi) is 3.69. The zero-order chi connectivity index (χ0) is 10.6. The van der Waals surface area contributed by atoms with Crippen molar-refractivity contribution in [3.05, 3.63) is 41.7 Å². The Morgan fingerprint density at radius 1 is 1.50 bits per heavy atom. The second-order valence-corrected chi connectivity index (χ2v) is 3.58. The van der Waals surface area contributed by atoms with E-state index in [1.165, 1.54) is 18.2 Å². The van der Waals surface area contributed by atoms with Gasteiger partial charge in [0.05, 0.1) is 0 Å². The second kappa shape index (κ2) is 4.80. The van der Waals surface area contributed by atoms with Crippen molar-refractivity contribution in [3.8, 4) is 5.75 Å². The monoisotopic (exact) mass is 194 g/mol. The predicted octanol–water partition coefficient (Wildman–Crippen LogP) is 3.43. The molecule has 0 amide bonds. The average Bonchev–Trinajstić information content (AvgIpc) is 2.10. The molecule has 0 unspecified atom stereocenters. The molecule has 0 radical (unpaired) electrons. The third-order valence-corrected chi connectivity index (χ3v) is 2.09. The van der Waals surface area contributed by atoms with Gasteiger partial charge in [-0.1, -0.05) is 5.57 Å². The molecular formula is C12H15FO. The van der Waals surface area contributed by atoms with E-state index in [0.717, 1.165) is 18.4 Å². The van der Waals surface area contributed by atoms with Crippen LogP contribution in [0.2, 0.25) is 0 Å². The van der Waals surface area contributed by atoms with Gasteiger partial charge in [-0.25, -0.2) is 4.39 Å². The van der Waals surface area contributed by atoms with Crippen LogP contribution in [0.3, 0.4) is 0 Å². The van der Waals surface area contributed by atoms with Crippen LogP contribution in [0.4, 0.5) is 4.39 Å². The Balaban J connectivity index is 2.57. The van der Waals surface area contributed by atoms with Crippen molar-refractivity contribution >= 4 is 0 Å². The summed E-state index contributed by atoms with van der Waals surface area (Å²) >= 11 is 0. The molecule has 0 heterocycles. The number of phenolic OH excluding ortho intramolecular Hbond substituents is 1. The maximum Gasteiger partial charge on any atom is 0.123 e. The Morgan fingerprint density at radius 2 is 2.21 bits per heavy atom. The van der Waals surface area contributed by atoms with Gasteiger partial charge in [0.25, 0.3) is 0 Å². The molecule has 0 saturated heterocycles. The lowest BCUT2D eigenvalue weighted by Gasteiger charge is -2.04. The molecule has 1 nitrogen and oxygen atoms in total. The number of phenols is 1. The van der Waals surface area contributed by atoms with Gasteiger partial charge < -0.3 is 5.11 Å². The molecule has 1 rings (SSSR count). The highest BCUT2D eigenvalue weighted by molar-refractivity contribution is 5.32. The van der Waals surface area contributed by atoms with E-state index < -0.39 is 0 Å². The number of hydrogen-bond acceptors (Lipinski definition) is 1. The highest BCUT2D eigenvalue weighted by Gasteiger charge is 2.02. The van der Waals surface area contributed by atoms with Gasteiger partial charge in [0.15, 0.2) is 0 Å². The summed E-state index contributed by atoms with van der Waals surface area (Å²) in [5.74, 6) is -0.124. The third kappa shape index (κ3) is 3.21. The van der Waals surface area contributed by atoms with Crippen LogP contribution in [0.5, 0.6) is 5.75 Å². The second-order valence-electron chi connectivity index (χ2n) is 3.58. The van der Waals surface area contributed by atoms with E-state index in [2.05, 4.69) is 6.58 Å². The van der Waals surface area contributed by atoms with Crippen LogP contribution in [0, 0.1) is 5.82 Å². The minimum absolute atomic E-state index is 0.174. The zero-order valence-corrected chi connectivity index (χ0v) is 8.39. The van der Waals surface area contributed by atoms with E-state index in [0.29, 0.717) is 12.0 Å². The smallest absolute Gasteiger partial charge is 0.123 e. The number of halogens is 1. The molecule has 0 aliphatic rings. The highest BCUT2D eigenvalue weighted by atomic mass is 19.1. The molecule has 0 bridgehead atoms. The molecule has 14 heavy (non-hydrogen) atoms. The summed E-state index contributed by atoms with van der Waals surface area (Å²) in [6, 6.07) is 4.04. The molecule has 2 heteroatoms. The molecule has 0 atom stereocenters. The first-order valence-corrected chi connectivity index (χ1v) is 4.71. The minimum atomic E-state index is -0.298. The fourth-order valence-electron chi connectivity index (χ4n) is 1.33. The van der Waals surface area contributed by atoms with E-state index >= 15 is 0 Å². The molecule has 0 spiro atoms. The number of allylic oxidation sites excluding steroid dienone is 1. The quantitative estimate of drug-likeness (QED) is 0.728. The maximum absolute atomic E-state index is 12.8. The normalized spacial score (nSPS) is 10.1. The summed E-state index contributed by atoms with van der Waals surface area (Å²) in [4.78, 5) is 0. The molecule has 0 aliphatic carbocycles. The molecule has 0 aliphatic heterocycles. The van der Waals surface area contributed by atoms with Crippen LogP contribution in [-0.2, 0) is 6.42 Å². The largest absolute Gasteiger partial charge is 0.508 e. The van der Waals surface area contributed by atoms with Crippen molar-refractivity contribution in [1.29, 1.82) is 0 Å². The van der Waals surface area contributed by atoms with Crippen LogP contribution < -0.4 is 0 Å². The number of hydrogen-bond donors (Lipinski definition) is 1. The van der Waals surface area contributed by atoms with E-state index in [9.17, 15) is 9.50 Å². The molecule has 1 aromatic carbocycles. The maximum atomic E-state index is 12.8. The highest BCUT2D eigenvalue weighted by Crippen LogP contribution is 2.20. The summed E-state index contributed by atoms with van der Waals surface area (Å²) in [7, 11) is 0. The number of benzene rings is 1. The van der Waals surface area contributed by atoms with Crippen LogP contribution in [0.1, 0.15) is 25.3 Å². The lowest BCUT2D eigenvalue weighted by molar-refractivity contribution is 0.464.